The highest BCUT2D eigenvalue weighted by Crippen LogP contribution is 2.38. The van der Waals surface area contributed by atoms with Crippen molar-refractivity contribution in [3.63, 3.8) is 0 Å². The second kappa shape index (κ2) is 25.0. The van der Waals surface area contributed by atoms with E-state index in [0.717, 1.165) is 0 Å². The van der Waals surface area contributed by atoms with Gasteiger partial charge in [0.05, 0.1) is 45.7 Å². The summed E-state index contributed by atoms with van der Waals surface area (Å²) in [6.45, 7) is -1.04. The molecule has 0 unspecified atom stereocenters. The molecule has 30 atom stereocenters. The summed E-state index contributed by atoms with van der Waals surface area (Å²) < 4.78 is 73.9. The van der Waals surface area contributed by atoms with E-state index in [1.165, 1.54) is 33.1 Å². The molecule has 7 rings (SSSR count). The molecule has 6 fully saturated rings. The first kappa shape index (κ1) is 58.4. The summed E-state index contributed by atoms with van der Waals surface area (Å²) in [5.74, 6) is 0.674. The first-order valence-corrected chi connectivity index (χ1v) is 23.5. The molecule has 73 heavy (non-hydrogen) atoms. The summed E-state index contributed by atoms with van der Waals surface area (Å²) in [6, 6.07) is 6.08. The zero-order valence-corrected chi connectivity index (χ0v) is 39.4. The van der Waals surface area contributed by atoms with Gasteiger partial charge in [0.2, 0.25) is 6.29 Å². The Labute approximate surface area is 415 Å². The van der Waals surface area contributed by atoms with E-state index in [0.29, 0.717) is 5.75 Å². The van der Waals surface area contributed by atoms with Crippen molar-refractivity contribution >= 4 is 0 Å². The van der Waals surface area contributed by atoms with Crippen LogP contribution in [0.25, 0.3) is 0 Å². The zero-order chi connectivity index (χ0) is 53.3. The molecule has 0 spiro atoms. The number of hydrogen-bond donors (Lipinski definition) is 17. The standard InChI is InChI=1S/C43H68O30/c1-12-20(49)24(53)37(73-40-29(58)34(21(50)13(2)62-40)70-39-27(56)25(54)32(68-39)16(48)8-44)43(63-12)72-36-23(52)18(10-46)66-42(31(36)60)71-35-22(51)17(9-45)65-41(30(35)59)69-33-19(11-47)67-38(28(57)26(33)55)64-15-6-4-14(61-3)5-7-15/h4-7,12-13,16-60H,8-11H2,1-3H3/t12-,13-,16+,17+,18+,19+,20-,21-,22-,23-,24+,25+,26+,27+,28+,29+,30+,31+,32-,33+,34+,35-,36-,37+,38+,39+,40-,41-,42+,43-/m0/s1. The Morgan fingerprint density at radius 2 is 0.795 bits per heavy atom. The lowest BCUT2D eigenvalue weighted by Crippen LogP contribution is -2.68. The van der Waals surface area contributed by atoms with Gasteiger partial charge in [0, 0.05) is 0 Å². The van der Waals surface area contributed by atoms with Crippen LogP contribution < -0.4 is 9.47 Å². The fourth-order valence-electron chi connectivity index (χ4n) is 9.27. The maximum atomic E-state index is 11.7. The Morgan fingerprint density at radius 1 is 0.397 bits per heavy atom. The Balaban J connectivity index is 1.06. The van der Waals surface area contributed by atoms with E-state index in [-0.39, 0.29) is 5.75 Å². The Hall–Kier alpha value is -2.30. The van der Waals surface area contributed by atoms with E-state index in [4.69, 9.17) is 61.6 Å². The molecule has 6 aliphatic rings. The van der Waals surface area contributed by atoms with Gasteiger partial charge in [0.15, 0.2) is 31.5 Å². The summed E-state index contributed by atoms with van der Waals surface area (Å²) in [7, 11) is 1.45. The molecule has 0 saturated carbocycles. The van der Waals surface area contributed by atoms with E-state index in [2.05, 4.69) is 0 Å². The Bertz CT molecular complexity index is 1840. The van der Waals surface area contributed by atoms with Crippen LogP contribution in [0.3, 0.4) is 0 Å². The second-order valence-corrected chi connectivity index (χ2v) is 18.5. The van der Waals surface area contributed by atoms with Crippen LogP contribution >= 0.6 is 0 Å². The molecule has 17 N–H and O–H groups in total. The highest BCUT2D eigenvalue weighted by atomic mass is 16.8. The Morgan fingerprint density at radius 3 is 1.32 bits per heavy atom. The average molecular weight is 1060 g/mol. The lowest BCUT2D eigenvalue weighted by atomic mass is 9.95. The van der Waals surface area contributed by atoms with E-state index < -0.39 is 211 Å². The minimum absolute atomic E-state index is 0.185. The van der Waals surface area contributed by atoms with Crippen LogP contribution in [0.4, 0.5) is 0 Å². The number of aliphatic hydroxyl groups is 17. The van der Waals surface area contributed by atoms with Crippen molar-refractivity contribution < 1.29 is 148 Å². The van der Waals surface area contributed by atoms with Gasteiger partial charge in [0.25, 0.3) is 0 Å². The lowest BCUT2D eigenvalue weighted by molar-refractivity contribution is -0.399. The summed E-state index contributed by atoms with van der Waals surface area (Å²) in [6.07, 6.45) is -54.1. The molecule has 30 nitrogen and oxygen atoms in total. The van der Waals surface area contributed by atoms with E-state index >= 15 is 0 Å². The van der Waals surface area contributed by atoms with E-state index in [9.17, 15) is 86.8 Å². The van der Waals surface area contributed by atoms with Gasteiger partial charge in [-0.15, -0.1) is 0 Å². The molecule has 1 aromatic rings. The summed E-state index contributed by atoms with van der Waals surface area (Å²) in [5.41, 5.74) is 0. The molecular formula is C43H68O30. The fourth-order valence-corrected chi connectivity index (χ4v) is 9.27. The average Bonchev–Trinajstić information content (AvgIpc) is 3.66. The minimum Gasteiger partial charge on any atom is -0.497 e. The number of benzene rings is 1. The number of ether oxygens (including phenoxy) is 13. The third kappa shape index (κ3) is 12.2. The Kier molecular flexibility index (Phi) is 20.0. The lowest BCUT2D eigenvalue weighted by Gasteiger charge is -2.50. The van der Waals surface area contributed by atoms with Gasteiger partial charge in [-0.3, -0.25) is 0 Å². The minimum atomic E-state index is -2.19. The predicted molar refractivity (Wildman–Crippen MR) is 228 cm³/mol. The summed E-state index contributed by atoms with van der Waals surface area (Å²) >= 11 is 0. The highest BCUT2D eigenvalue weighted by molar-refractivity contribution is 5.31. The second-order valence-electron chi connectivity index (χ2n) is 18.5. The van der Waals surface area contributed by atoms with Gasteiger partial charge >= 0.3 is 0 Å². The van der Waals surface area contributed by atoms with Crippen molar-refractivity contribution in [3.05, 3.63) is 24.3 Å². The molecular weight excluding hydrogens is 996 g/mol. The van der Waals surface area contributed by atoms with Crippen molar-refractivity contribution in [2.24, 2.45) is 0 Å². The topological polar surface area (TPSA) is 464 Å². The molecule has 6 aliphatic heterocycles. The number of hydrogen-bond acceptors (Lipinski definition) is 30. The normalized spacial score (nSPS) is 49.1. The molecule has 30 heteroatoms. The first-order valence-electron chi connectivity index (χ1n) is 23.5. The highest BCUT2D eigenvalue weighted by Gasteiger charge is 2.58. The molecule has 6 saturated heterocycles. The SMILES string of the molecule is COc1ccc(O[C@@H]2O[C@H](CO)[C@@H](O[C@@H]3O[C@H](CO)[C@H](O)[C@H](O[C@H]4O[C@H](CO)[C@H](O)[C@H](O[C@@H]5O[C@@H](C)[C@H](O)[C@@H](O)[C@H]5O[C@@H]5O[C@@H](C)[C@H](O)[C@@H](O[C@H]6O[C@@H]([C@H](O)CO)[C@H](O)[C@H]6O)[C@H]5O)[C@H]4O)[C@H]3O)[C@H](O)[C@H]2O)cc1. The first-order chi connectivity index (χ1) is 34.7. The molecule has 0 radical (unpaired) electrons. The third-order valence-electron chi connectivity index (χ3n) is 13.6. The zero-order valence-electron chi connectivity index (χ0n) is 39.4. The molecule has 0 aromatic heterocycles. The predicted octanol–water partition coefficient (Wildman–Crippen LogP) is -9.95. The van der Waals surface area contributed by atoms with Crippen LogP contribution in [0.5, 0.6) is 11.5 Å². The van der Waals surface area contributed by atoms with Gasteiger partial charge in [0.1, 0.15) is 146 Å². The van der Waals surface area contributed by atoms with Gasteiger partial charge in [-0.1, -0.05) is 0 Å². The van der Waals surface area contributed by atoms with Crippen molar-refractivity contribution in [3.8, 4) is 11.5 Å². The van der Waals surface area contributed by atoms with E-state index in [1.54, 1.807) is 12.1 Å². The van der Waals surface area contributed by atoms with Gasteiger partial charge in [-0.05, 0) is 38.1 Å². The quantitative estimate of drug-likeness (QED) is 0.0649. The molecule has 0 bridgehead atoms. The van der Waals surface area contributed by atoms with Crippen LogP contribution in [0.1, 0.15) is 13.8 Å². The van der Waals surface area contributed by atoms with Crippen LogP contribution in [-0.2, 0) is 52.1 Å². The monoisotopic (exact) mass is 1060 g/mol. The van der Waals surface area contributed by atoms with Crippen LogP contribution in [0.15, 0.2) is 24.3 Å². The molecule has 1 aromatic carbocycles. The summed E-state index contributed by atoms with van der Waals surface area (Å²) in [5, 5.41) is 184. The van der Waals surface area contributed by atoms with Crippen molar-refractivity contribution in [1.82, 2.24) is 0 Å². The maximum absolute atomic E-state index is 11.7. The number of aliphatic hydroxyl groups excluding tert-OH is 17. The third-order valence-corrected chi connectivity index (χ3v) is 13.6. The molecule has 420 valence electrons. The molecule has 6 heterocycles. The van der Waals surface area contributed by atoms with Crippen molar-refractivity contribution in [2.75, 3.05) is 33.5 Å². The van der Waals surface area contributed by atoms with Gasteiger partial charge < -0.3 is 148 Å². The fraction of sp³-hybridized carbons (Fsp3) is 0.860. The van der Waals surface area contributed by atoms with Gasteiger partial charge in [-0.2, -0.15) is 0 Å². The van der Waals surface area contributed by atoms with Crippen LogP contribution in [-0.4, -0.2) is 305 Å². The maximum Gasteiger partial charge on any atom is 0.229 e. The smallest absolute Gasteiger partial charge is 0.229 e. The molecule has 0 amide bonds. The van der Waals surface area contributed by atoms with Crippen molar-refractivity contribution in [1.29, 1.82) is 0 Å². The number of rotatable bonds is 18. The molecule has 0 aliphatic carbocycles. The summed E-state index contributed by atoms with van der Waals surface area (Å²) in [4.78, 5) is 0. The number of methoxy groups -OCH3 is 1. The van der Waals surface area contributed by atoms with Gasteiger partial charge in [-0.25, -0.2) is 0 Å². The van der Waals surface area contributed by atoms with Crippen LogP contribution in [0, 0.1) is 0 Å². The van der Waals surface area contributed by atoms with Crippen molar-refractivity contribution in [2.45, 2.75) is 198 Å². The largest absolute Gasteiger partial charge is 0.497 e. The van der Waals surface area contributed by atoms with E-state index in [1.807, 2.05) is 0 Å². The van der Waals surface area contributed by atoms with Crippen LogP contribution in [0.2, 0.25) is 0 Å².